The lowest BCUT2D eigenvalue weighted by Crippen LogP contribution is -2.11. The van der Waals surface area contributed by atoms with E-state index < -0.39 is 0 Å². The van der Waals surface area contributed by atoms with Crippen molar-refractivity contribution in [2.45, 2.75) is 13.3 Å². The van der Waals surface area contributed by atoms with Crippen molar-refractivity contribution in [2.24, 2.45) is 0 Å². The Kier molecular flexibility index (Phi) is 3.21. The second-order valence-corrected chi connectivity index (χ2v) is 4.54. The molecule has 0 aliphatic rings. The number of aryl methyl sites for hydroxylation is 1. The van der Waals surface area contributed by atoms with Crippen LogP contribution in [-0.2, 0) is 6.42 Å². The van der Waals surface area contributed by atoms with E-state index in [0.717, 1.165) is 12.1 Å². The van der Waals surface area contributed by atoms with Gasteiger partial charge in [-0.05, 0) is 42.3 Å². The van der Waals surface area contributed by atoms with Gasteiger partial charge in [0.1, 0.15) is 5.52 Å². The summed E-state index contributed by atoms with van der Waals surface area (Å²) in [6, 6.07) is 13.0. The molecule has 0 saturated heterocycles. The van der Waals surface area contributed by atoms with E-state index in [2.05, 4.69) is 17.2 Å². The zero-order valence-electron chi connectivity index (χ0n) is 11.1. The summed E-state index contributed by atoms with van der Waals surface area (Å²) in [4.78, 5) is 16.2. The molecular weight excluding hydrogens is 252 g/mol. The highest BCUT2D eigenvalue weighted by atomic mass is 16.3. The minimum absolute atomic E-state index is 0.154. The number of anilines is 1. The van der Waals surface area contributed by atoms with Crippen molar-refractivity contribution in [3.63, 3.8) is 0 Å². The Morgan fingerprint density at radius 1 is 1.20 bits per heavy atom. The lowest BCUT2D eigenvalue weighted by molar-refractivity contribution is 0.102. The van der Waals surface area contributed by atoms with Gasteiger partial charge in [0.2, 0.25) is 0 Å². The van der Waals surface area contributed by atoms with Crippen LogP contribution in [-0.4, -0.2) is 10.9 Å². The van der Waals surface area contributed by atoms with Gasteiger partial charge in [-0.15, -0.1) is 0 Å². The van der Waals surface area contributed by atoms with Crippen LogP contribution in [0.25, 0.3) is 11.1 Å². The Balaban J connectivity index is 1.80. The van der Waals surface area contributed by atoms with E-state index in [4.69, 9.17) is 4.42 Å². The Labute approximate surface area is 116 Å². The summed E-state index contributed by atoms with van der Waals surface area (Å²) in [6.45, 7) is 2.10. The number of nitrogens with zero attached hydrogens (tertiary/aromatic N) is 1. The molecule has 1 aromatic heterocycles. The Morgan fingerprint density at radius 3 is 2.75 bits per heavy atom. The SMILES string of the molecule is CCc1ccc(NC(=O)c2ccc3ocnc3c2)cc1. The molecule has 20 heavy (non-hydrogen) atoms. The van der Waals surface area contributed by atoms with Gasteiger partial charge in [0.15, 0.2) is 12.0 Å². The van der Waals surface area contributed by atoms with E-state index in [1.54, 1.807) is 18.2 Å². The van der Waals surface area contributed by atoms with Gasteiger partial charge in [-0.1, -0.05) is 19.1 Å². The predicted octanol–water partition coefficient (Wildman–Crippen LogP) is 3.64. The third-order valence-electron chi connectivity index (χ3n) is 3.21. The average Bonchev–Trinajstić information content (AvgIpc) is 2.95. The van der Waals surface area contributed by atoms with Crippen LogP contribution in [0.4, 0.5) is 5.69 Å². The first-order valence-corrected chi connectivity index (χ1v) is 6.50. The molecule has 3 aromatic rings. The second-order valence-electron chi connectivity index (χ2n) is 4.54. The van der Waals surface area contributed by atoms with Gasteiger partial charge in [0, 0.05) is 11.3 Å². The summed E-state index contributed by atoms with van der Waals surface area (Å²) in [5.74, 6) is -0.154. The van der Waals surface area contributed by atoms with Crippen molar-refractivity contribution >= 4 is 22.7 Å². The quantitative estimate of drug-likeness (QED) is 0.787. The smallest absolute Gasteiger partial charge is 0.255 e. The molecular formula is C16H14N2O2. The molecule has 4 nitrogen and oxygen atoms in total. The summed E-state index contributed by atoms with van der Waals surface area (Å²) in [5, 5.41) is 2.87. The number of carbonyl (C=O) groups is 1. The molecule has 0 spiro atoms. The topological polar surface area (TPSA) is 55.1 Å². The Bertz CT molecular complexity index is 745. The minimum atomic E-state index is -0.154. The fraction of sp³-hybridized carbons (Fsp3) is 0.125. The van der Waals surface area contributed by atoms with Gasteiger partial charge in [0.05, 0.1) is 0 Å². The fourth-order valence-electron chi connectivity index (χ4n) is 2.03. The molecule has 0 saturated carbocycles. The van der Waals surface area contributed by atoms with E-state index in [0.29, 0.717) is 16.7 Å². The normalized spacial score (nSPS) is 10.7. The van der Waals surface area contributed by atoms with Crippen LogP contribution >= 0.6 is 0 Å². The highest BCUT2D eigenvalue weighted by molar-refractivity contribution is 6.05. The van der Waals surface area contributed by atoms with Crippen LogP contribution in [0.5, 0.6) is 0 Å². The number of aromatic nitrogens is 1. The maximum Gasteiger partial charge on any atom is 0.255 e. The van der Waals surface area contributed by atoms with Crippen molar-refractivity contribution in [3.05, 3.63) is 60.0 Å². The molecule has 0 radical (unpaired) electrons. The first-order chi connectivity index (χ1) is 9.76. The lowest BCUT2D eigenvalue weighted by atomic mass is 10.1. The largest absolute Gasteiger partial charge is 0.443 e. The van der Waals surface area contributed by atoms with Gasteiger partial charge < -0.3 is 9.73 Å². The third-order valence-corrected chi connectivity index (χ3v) is 3.21. The first kappa shape index (κ1) is 12.4. The standard InChI is InChI=1S/C16H14N2O2/c1-2-11-3-6-13(7-4-11)18-16(19)12-5-8-15-14(9-12)17-10-20-15/h3-10H,2H2,1H3,(H,18,19). The van der Waals surface area contributed by atoms with Crippen LogP contribution in [0.1, 0.15) is 22.8 Å². The summed E-state index contributed by atoms with van der Waals surface area (Å²) in [6.07, 6.45) is 2.35. The van der Waals surface area contributed by atoms with Gasteiger partial charge >= 0.3 is 0 Å². The second kappa shape index (κ2) is 5.17. The van der Waals surface area contributed by atoms with E-state index in [9.17, 15) is 4.79 Å². The molecule has 2 aromatic carbocycles. The number of benzene rings is 2. The molecule has 0 fully saturated rings. The highest BCUT2D eigenvalue weighted by Gasteiger charge is 2.08. The predicted molar refractivity (Wildman–Crippen MR) is 77.8 cm³/mol. The van der Waals surface area contributed by atoms with E-state index in [1.165, 1.54) is 12.0 Å². The van der Waals surface area contributed by atoms with Crippen LogP contribution in [0.15, 0.2) is 53.3 Å². The molecule has 0 bridgehead atoms. The van der Waals surface area contributed by atoms with Gasteiger partial charge in [-0.3, -0.25) is 4.79 Å². The minimum Gasteiger partial charge on any atom is -0.443 e. The number of amides is 1. The van der Waals surface area contributed by atoms with E-state index in [1.807, 2.05) is 24.3 Å². The fourth-order valence-corrected chi connectivity index (χ4v) is 2.03. The van der Waals surface area contributed by atoms with Crippen molar-refractivity contribution < 1.29 is 9.21 Å². The average molecular weight is 266 g/mol. The van der Waals surface area contributed by atoms with Crippen LogP contribution in [0.3, 0.4) is 0 Å². The maximum atomic E-state index is 12.2. The monoisotopic (exact) mass is 266 g/mol. The molecule has 1 N–H and O–H groups in total. The molecule has 100 valence electrons. The summed E-state index contributed by atoms with van der Waals surface area (Å²) >= 11 is 0. The van der Waals surface area contributed by atoms with Crippen molar-refractivity contribution in [3.8, 4) is 0 Å². The molecule has 0 aliphatic heterocycles. The van der Waals surface area contributed by atoms with Crippen LogP contribution in [0.2, 0.25) is 0 Å². The summed E-state index contributed by atoms with van der Waals surface area (Å²) < 4.78 is 5.15. The number of hydrogen-bond acceptors (Lipinski definition) is 3. The van der Waals surface area contributed by atoms with Crippen LogP contribution < -0.4 is 5.32 Å². The zero-order chi connectivity index (χ0) is 13.9. The Hall–Kier alpha value is -2.62. The molecule has 4 heteroatoms. The van der Waals surface area contributed by atoms with Crippen LogP contribution in [0, 0.1) is 0 Å². The molecule has 3 rings (SSSR count). The zero-order valence-corrected chi connectivity index (χ0v) is 11.1. The number of fused-ring (bicyclic) bond motifs is 1. The maximum absolute atomic E-state index is 12.2. The van der Waals surface area contributed by atoms with E-state index in [-0.39, 0.29) is 5.91 Å². The summed E-state index contributed by atoms with van der Waals surface area (Å²) in [7, 11) is 0. The van der Waals surface area contributed by atoms with E-state index >= 15 is 0 Å². The lowest BCUT2D eigenvalue weighted by Gasteiger charge is -2.06. The number of rotatable bonds is 3. The Morgan fingerprint density at radius 2 is 2.00 bits per heavy atom. The van der Waals surface area contributed by atoms with Gasteiger partial charge in [0.25, 0.3) is 5.91 Å². The van der Waals surface area contributed by atoms with Gasteiger partial charge in [-0.25, -0.2) is 4.98 Å². The highest BCUT2D eigenvalue weighted by Crippen LogP contribution is 2.16. The number of hydrogen-bond donors (Lipinski definition) is 1. The first-order valence-electron chi connectivity index (χ1n) is 6.50. The molecule has 0 aliphatic carbocycles. The number of carbonyl (C=O) groups excluding carboxylic acids is 1. The third kappa shape index (κ3) is 2.40. The summed E-state index contributed by atoms with van der Waals surface area (Å²) in [5.41, 5.74) is 3.94. The molecule has 1 amide bonds. The number of nitrogens with one attached hydrogen (secondary N) is 1. The van der Waals surface area contributed by atoms with Crippen molar-refractivity contribution in [1.29, 1.82) is 0 Å². The van der Waals surface area contributed by atoms with Crippen molar-refractivity contribution in [2.75, 3.05) is 5.32 Å². The van der Waals surface area contributed by atoms with Gasteiger partial charge in [-0.2, -0.15) is 0 Å². The van der Waals surface area contributed by atoms with Crippen molar-refractivity contribution in [1.82, 2.24) is 4.98 Å². The molecule has 0 atom stereocenters. The molecule has 1 heterocycles. The molecule has 0 unspecified atom stereocenters. The number of oxazole rings is 1.